The van der Waals surface area contributed by atoms with Crippen molar-refractivity contribution in [1.82, 2.24) is 9.55 Å². The highest BCUT2D eigenvalue weighted by Crippen LogP contribution is 2.35. The normalized spacial score (nSPS) is 23.9. The largest absolute Gasteiger partial charge is 0.331 e. The van der Waals surface area contributed by atoms with Gasteiger partial charge in [0.15, 0.2) is 4.77 Å². The van der Waals surface area contributed by atoms with Gasteiger partial charge >= 0.3 is 0 Å². The van der Waals surface area contributed by atoms with Crippen LogP contribution < -0.4 is 0 Å². The first-order valence-electron chi connectivity index (χ1n) is 7.15. The van der Waals surface area contributed by atoms with Crippen molar-refractivity contribution in [3.8, 4) is 0 Å². The standard InChI is InChI=1S/C15H18Cl2N2S/c1-9-3-2-4-10(6-5-9)19-14-8-12(17)11(16)7-13(14)18-15(19)20/h7-10H,2-6H2,1H3,(H,18,20). The lowest BCUT2D eigenvalue weighted by molar-refractivity contribution is 0.438. The van der Waals surface area contributed by atoms with Crippen LogP contribution >= 0.6 is 35.4 Å². The van der Waals surface area contributed by atoms with Gasteiger partial charge in [0.2, 0.25) is 0 Å². The van der Waals surface area contributed by atoms with Crippen molar-refractivity contribution in [3.63, 3.8) is 0 Å². The number of hydrogen-bond acceptors (Lipinski definition) is 1. The summed E-state index contributed by atoms with van der Waals surface area (Å²) in [5.41, 5.74) is 2.05. The van der Waals surface area contributed by atoms with Crippen molar-refractivity contribution in [2.45, 2.75) is 45.1 Å². The number of rotatable bonds is 1. The summed E-state index contributed by atoms with van der Waals surface area (Å²) in [5.74, 6) is 0.817. The smallest absolute Gasteiger partial charge is 0.178 e. The minimum Gasteiger partial charge on any atom is -0.331 e. The van der Waals surface area contributed by atoms with Gasteiger partial charge in [-0.2, -0.15) is 0 Å². The molecular formula is C15H18Cl2N2S. The Morgan fingerprint density at radius 1 is 1.15 bits per heavy atom. The highest BCUT2D eigenvalue weighted by Gasteiger charge is 2.20. The van der Waals surface area contributed by atoms with E-state index in [1.807, 2.05) is 12.1 Å². The average Bonchev–Trinajstić information content (AvgIpc) is 2.57. The molecule has 1 N–H and O–H groups in total. The van der Waals surface area contributed by atoms with E-state index in [4.69, 9.17) is 35.4 Å². The molecule has 1 aromatic heterocycles. The molecule has 2 unspecified atom stereocenters. The molecule has 1 aromatic carbocycles. The van der Waals surface area contributed by atoms with Gasteiger partial charge in [-0.15, -0.1) is 0 Å². The van der Waals surface area contributed by atoms with Crippen LogP contribution in [0.3, 0.4) is 0 Å². The van der Waals surface area contributed by atoms with E-state index in [0.29, 0.717) is 16.1 Å². The monoisotopic (exact) mass is 328 g/mol. The zero-order valence-electron chi connectivity index (χ0n) is 11.5. The van der Waals surface area contributed by atoms with Crippen LogP contribution in [0.5, 0.6) is 0 Å². The van der Waals surface area contributed by atoms with E-state index in [1.165, 1.54) is 32.1 Å². The highest BCUT2D eigenvalue weighted by atomic mass is 35.5. The Hall–Kier alpha value is -0.510. The van der Waals surface area contributed by atoms with Crippen molar-refractivity contribution in [1.29, 1.82) is 0 Å². The Labute approximate surface area is 134 Å². The van der Waals surface area contributed by atoms with Gasteiger partial charge in [0.25, 0.3) is 0 Å². The Morgan fingerprint density at radius 3 is 2.70 bits per heavy atom. The van der Waals surface area contributed by atoms with Crippen LogP contribution in [0.2, 0.25) is 10.0 Å². The maximum Gasteiger partial charge on any atom is 0.178 e. The van der Waals surface area contributed by atoms with Gasteiger partial charge in [-0.1, -0.05) is 43.0 Å². The second-order valence-corrected chi connectivity index (χ2v) is 7.05. The maximum absolute atomic E-state index is 6.17. The lowest BCUT2D eigenvalue weighted by Crippen LogP contribution is -2.08. The summed E-state index contributed by atoms with van der Waals surface area (Å²) in [6.07, 6.45) is 6.22. The quantitative estimate of drug-likeness (QED) is 0.492. The van der Waals surface area contributed by atoms with E-state index in [-0.39, 0.29) is 0 Å². The van der Waals surface area contributed by atoms with Crippen molar-refractivity contribution < 1.29 is 0 Å². The molecule has 3 rings (SSSR count). The number of imidazole rings is 1. The van der Waals surface area contributed by atoms with E-state index >= 15 is 0 Å². The zero-order valence-corrected chi connectivity index (χ0v) is 13.8. The molecule has 0 bridgehead atoms. The van der Waals surface area contributed by atoms with Crippen molar-refractivity contribution >= 4 is 46.5 Å². The molecule has 1 aliphatic rings. The first-order valence-corrected chi connectivity index (χ1v) is 8.32. The van der Waals surface area contributed by atoms with E-state index < -0.39 is 0 Å². The van der Waals surface area contributed by atoms with E-state index in [1.54, 1.807) is 0 Å². The molecule has 0 spiro atoms. The predicted octanol–water partition coefficient (Wildman–Crippen LogP) is 6.15. The number of nitrogens with one attached hydrogen (secondary N) is 1. The van der Waals surface area contributed by atoms with Crippen LogP contribution in [-0.2, 0) is 0 Å². The summed E-state index contributed by atoms with van der Waals surface area (Å²) < 4.78 is 3.02. The minimum absolute atomic E-state index is 0.471. The highest BCUT2D eigenvalue weighted by molar-refractivity contribution is 7.71. The molecule has 2 nitrogen and oxygen atoms in total. The molecule has 0 aliphatic heterocycles. The number of aromatic amines is 1. The average molecular weight is 329 g/mol. The summed E-state index contributed by atoms with van der Waals surface area (Å²) in [6.45, 7) is 2.34. The minimum atomic E-state index is 0.471. The third-order valence-electron chi connectivity index (χ3n) is 4.35. The molecule has 0 amide bonds. The molecule has 2 atom stereocenters. The topological polar surface area (TPSA) is 20.7 Å². The van der Waals surface area contributed by atoms with E-state index in [0.717, 1.165) is 21.7 Å². The fourth-order valence-electron chi connectivity index (χ4n) is 3.21. The third-order valence-corrected chi connectivity index (χ3v) is 5.37. The number of aromatic nitrogens is 2. The van der Waals surface area contributed by atoms with Crippen LogP contribution in [0.15, 0.2) is 12.1 Å². The molecule has 1 aliphatic carbocycles. The molecule has 20 heavy (non-hydrogen) atoms. The fraction of sp³-hybridized carbons (Fsp3) is 0.533. The molecule has 1 fully saturated rings. The molecule has 1 saturated carbocycles. The second-order valence-electron chi connectivity index (χ2n) is 5.85. The molecular weight excluding hydrogens is 311 g/mol. The number of halogens is 2. The van der Waals surface area contributed by atoms with Gasteiger partial charge in [0, 0.05) is 6.04 Å². The second kappa shape index (κ2) is 5.70. The predicted molar refractivity (Wildman–Crippen MR) is 88.4 cm³/mol. The molecule has 5 heteroatoms. The summed E-state index contributed by atoms with van der Waals surface area (Å²) in [5, 5.41) is 1.15. The van der Waals surface area contributed by atoms with Crippen molar-refractivity contribution in [2.24, 2.45) is 5.92 Å². The Balaban J connectivity index is 2.08. The third kappa shape index (κ3) is 2.63. The van der Waals surface area contributed by atoms with Gasteiger partial charge in [0.1, 0.15) is 0 Å². The van der Waals surface area contributed by atoms with E-state index in [9.17, 15) is 0 Å². The lowest BCUT2D eigenvalue weighted by atomic mass is 10.0. The maximum atomic E-state index is 6.17. The van der Waals surface area contributed by atoms with E-state index in [2.05, 4.69) is 16.5 Å². The molecule has 0 saturated heterocycles. The summed E-state index contributed by atoms with van der Waals surface area (Å²) in [7, 11) is 0. The van der Waals surface area contributed by atoms with Crippen LogP contribution in [0.4, 0.5) is 0 Å². The molecule has 1 heterocycles. The lowest BCUT2D eigenvalue weighted by Gasteiger charge is -2.17. The fourth-order valence-corrected chi connectivity index (χ4v) is 3.89. The summed E-state index contributed by atoms with van der Waals surface area (Å²) in [4.78, 5) is 3.26. The molecule has 108 valence electrons. The van der Waals surface area contributed by atoms with Gasteiger partial charge in [-0.25, -0.2) is 0 Å². The van der Waals surface area contributed by atoms with Crippen molar-refractivity contribution in [2.75, 3.05) is 0 Å². The number of benzene rings is 1. The van der Waals surface area contributed by atoms with Gasteiger partial charge in [0.05, 0.1) is 21.1 Å². The summed E-state index contributed by atoms with van der Waals surface area (Å²) >= 11 is 17.8. The number of hydrogen-bond donors (Lipinski definition) is 1. The van der Waals surface area contributed by atoms with Gasteiger partial charge in [-0.05, 0) is 49.5 Å². The number of H-pyrrole nitrogens is 1. The first-order chi connectivity index (χ1) is 9.56. The van der Waals surface area contributed by atoms with Crippen molar-refractivity contribution in [3.05, 3.63) is 26.9 Å². The van der Waals surface area contributed by atoms with Gasteiger partial charge in [-0.3, -0.25) is 0 Å². The Kier molecular flexibility index (Phi) is 4.11. The first kappa shape index (κ1) is 14.4. The van der Waals surface area contributed by atoms with Crippen LogP contribution in [0.25, 0.3) is 11.0 Å². The molecule has 2 aromatic rings. The molecule has 0 radical (unpaired) electrons. The number of nitrogens with zero attached hydrogens (tertiary/aromatic N) is 1. The summed E-state index contributed by atoms with van der Waals surface area (Å²) in [6, 6.07) is 4.27. The Morgan fingerprint density at radius 2 is 1.90 bits per heavy atom. The van der Waals surface area contributed by atoms with Gasteiger partial charge < -0.3 is 9.55 Å². The zero-order chi connectivity index (χ0) is 14.3. The van der Waals surface area contributed by atoms with Crippen LogP contribution in [0, 0.1) is 10.7 Å². The Bertz CT molecular complexity index is 689. The number of fused-ring (bicyclic) bond motifs is 1. The SMILES string of the molecule is CC1CCCC(n2c(=S)[nH]c3cc(Cl)c(Cl)cc32)CC1. The van der Waals surface area contributed by atoms with Crippen LogP contribution in [0.1, 0.15) is 45.1 Å². The van der Waals surface area contributed by atoms with Crippen LogP contribution in [-0.4, -0.2) is 9.55 Å².